The minimum Gasteiger partial charge on any atom is -0.322 e. The molecule has 27 heavy (non-hydrogen) atoms. The van der Waals surface area contributed by atoms with Crippen LogP contribution >= 0.6 is 0 Å². The predicted molar refractivity (Wildman–Crippen MR) is 111 cm³/mol. The minimum absolute atomic E-state index is 0.0533. The van der Waals surface area contributed by atoms with Crippen LogP contribution in [-0.4, -0.2) is 5.91 Å². The number of amides is 1. The molecule has 1 unspecified atom stereocenters. The van der Waals surface area contributed by atoms with Crippen LogP contribution in [-0.2, 0) is 19.3 Å². The van der Waals surface area contributed by atoms with E-state index in [1.807, 2.05) is 43.3 Å². The molecule has 0 aromatic heterocycles. The van der Waals surface area contributed by atoms with Gasteiger partial charge in [0.2, 0.25) is 0 Å². The standard InChI is InChI=1S/C25H25NO/c1-18-6-2-5-9-24(18)26-25(27)22-14-10-19(11-15-22)16-20-12-13-21-7-3-4-8-23(21)17-20/h2-11,14-15,20H,12-13,16-17H2,1H3,(H,26,27). The molecule has 0 saturated carbocycles. The Hall–Kier alpha value is -2.87. The first kappa shape index (κ1) is 17.5. The number of hydrogen-bond donors (Lipinski definition) is 1. The molecule has 4 rings (SSSR count). The van der Waals surface area contributed by atoms with Gasteiger partial charge >= 0.3 is 0 Å². The summed E-state index contributed by atoms with van der Waals surface area (Å²) in [5.74, 6) is 0.633. The molecular weight excluding hydrogens is 330 g/mol. The summed E-state index contributed by atoms with van der Waals surface area (Å²) in [6.07, 6.45) is 4.66. The summed E-state index contributed by atoms with van der Waals surface area (Å²) in [4.78, 5) is 12.5. The Balaban J connectivity index is 1.39. The highest BCUT2D eigenvalue weighted by Crippen LogP contribution is 2.28. The Labute approximate surface area is 161 Å². The van der Waals surface area contributed by atoms with Crippen LogP contribution in [0, 0.1) is 12.8 Å². The Morgan fingerprint density at radius 3 is 2.41 bits per heavy atom. The van der Waals surface area contributed by atoms with Gasteiger partial charge < -0.3 is 5.32 Å². The second-order valence-corrected chi connectivity index (χ2v) is 7.55. The Morgan fingerprint density at radius 2 is 1.63 bits per heavy atom. The average molecular weight is 355 g/mol. The Kier molecular flexibility index (Phi) is 5.06. The normalized spacial score (nSPS) is 15.8. The van der Waals surface area contributed by atoms with Gasteiger partial charge in [0.1, 0.15) is 0 Å². The molecule has 0 spiro atoms. The summed E-state index contributed by atoms with van der Waals surface area (Å²) in [5, 5.41) is 3.00. The lowest BCUT2D eigenvalue weighted by molar-refractivity contribution is 0.102. The lowest BCUT2D eigenvalue weighted by atomic mass is 9.81. The van der Waals surface area contributed by atoms with Gasteiger partial charge in [-0.3, -0.25) is 4.79 Å². The van der Waals surface area contributed by atoms with Crippen LogP contribution in [0.3, 0.4) is 0 Å². The number of para-hydroxylation sites is 1. The van der Waals surface area contributed by atoms with E-state index in [2.05, 4.69) is 41.7 Å². The number of rotatable bonds is 4. The largest absolute Gasteiger partial charge is 0.322 e. The first-order valence-corrected chi connectivity index (χ1v) is 9.72. The van der Waals surface area contributed by atoms with E-state index >= 15 is 0 Å². The first-order chi connectivity index (χ1) is 13.2. The third-order valence-corrected chi connectivity index (χ3v) is 5.58. The quantitative estimate of drug-likeness (QED) is 0.649. The molecule has 3 aromatic carbocycles. The number of carbonyl (C=O) groups excluding carboxylic acids is 1. The second kappa shape index (κ2) is 7.79. The van der Waals surface area contributed by atoms with E-state index in [1.54, 1.807) is 0 Å². The zero-order chi connectivity index (χ0) is 18.6. The van der Waals surface area contributed by atoms with E-state index in [4.69, 9.17) is 0 Å². The van der Waals surface area contributed by atoms with Crippen molar-refractivity contribution in [1.29, 1.82) is 0 Å². The third-order valence-electron chi connectivity index (χ3n) is 5.58. The summed E-state index contributed by atoms with van der Waals surface area (Å²) in [5.41, 5.74) is 6.97. The SMILES string of the molecule is Cc1ccccc1NC(=O)c1ccc(CC2CCc3ccccc3C2)cc1. The monoisotopic (exact) mass is 355 g/mol. The van der Waals surface area contributed by atoms with E-state index < -0.39 is 0 Å². The number of benzene rings is 3. The molecule has 0 aliphatic heterocycles. The van der Waals surface area contributed by atoms with Gasteiger partial charge in [-0.05, 0) is 79.0 Å². The number of hydrogen-bond acceptors (Lipinski definition) is 1. The molecule has 1 aliphatic rings. The van der Waals surface area contributed by atoms with Crippen molar-refractivity contribution in [2.24, 2.45) is 5.92 Å². The van der Waals surface area contributed by atoms with Crippen molar-refractivity contribution in [2.75, 3.05) is 5.32 Å². The summed E-state index contributed by atoms with van der Waals surface area (Å²) in [7, 11) is 0. The fourth-order valence-corrected chi connectivity index (χ4v) is 3.98. The van der Waals surface area contributed by atoms with Gasteiger partial charge in [0.15, 0.2) is 0 Å². The smallest absolute Gasteiger partial charge is 0.255 e. The summed E-state index contributed by atoms with van der Waals surface area (Å²) in [6, 6.07) is 24.7. The molecule has 136 valence electrons. The van der Waals surface area contributed by atoms with Crippen molar-refractivity contribution >= 4 is 11.6 Å². The number of carbonyl (C=O) groups is 1. The lowest BCUT2D eigenvalue weighted by Crippen LogP contribution is -2.16. The highest BCUT2D eigenvalue weighted by molar-refractivity contribution is 6.04. The maximum Gasteiger partial charge on any atom is 0.255 e. The number of fused-ring (bicyclic) bond motifs is 1. The third kappa shape index (κ3) is 4.11. The summed E-state index contributed by atoms with van der Waals surface area (Å²) < 4.78 is 0. The number of aryl methyl sites for hydroxylation is 2. The lowest BCUT2D eigenvalue weighted by Gasteiger charge is -2.24. The van der Waals surface area contributed by atoms with Crippen LogP contribution in [0.2, 0.25) is 0 Å². The minimum atomic E-state index is -0.0533. The van der Waals surface area contributed by atoms with E-state index in [1.165, 1.54) is 29.5 Å². The molecule has 1 amide bonds. The van der Waals surface area contributed by atoms with Gasteiger partial charge in [-0.1, -0.05) is 54.6 Å². The Bertz CT molecular complexity index is 943. The maximum atomic E-state index is 12.5. The van der Waals surface area contributed by atoms with E-state index in [9.17, 15) is 4.79 Å². The van der Waals surface area contributed by atoms with Crippen LogP contribution < -0.4 is 5.32 Å². The first-order valence-electron chi connectivity index (χ1n) is 9.72. The fraction of sp³-hybridized carbons (Fsp3) is 0.240. The van der Waals surface area contributed by atoms with E-state index in [0.29, 0.717) is 11.5 Å². The van der Waals surface area contributed by atoms with Gasteiger partial charge in [-0.2, -0.15) is 0 Å². The zero-order valence-electron chi connectivity index (χ0n) is 15.7. The highest BCUT2D eigenvalue weighted by atomic mass is 16.1. The molecular formula is C25H25NO. The highest BCUT2D eigenvalue weighted by Gasteiger charge is 2.18. The van der Waals surface area contributed by atoms with Gasteiger partial charge in [0.25, 0.3) is 5.91 Å². The van der Waals surface area contributed by atoms with Crippen LogP contribution in [0.1, 0.15) is 39.0 Å². The second-order valence-electron chi connectivity index (χ2n) is 7.55. The molecule has 2 heteroatoms. The van der Waals surface area contributed by atoms with Crippen LogP contribution in [0.25, 0.3) is 0 Å². The van der Waals surface area contributed by atoms with Gasteiger partial charge in [0.05, 0.1) is 0 Å². The molecule has 0 heterocycles. The average Bonchev–Trinajstić information content (AvgIpc) is 2.70. The van der Waals surface area contributed by atoms with Crippen molar-refractivity contribution in [2.45, 2.75) is 32.6 Å². The maximum absolute atomic E-state index is 12.5. The molecule has 3 aromatic rings. The molecule has 0 radical (unpaired) electrons. The van der Waals surface area contributed by atoms with E-state index in [0.717, 1.165) is 24.1 Å². The Morgan fingerprint density at radius 1 is 0.926 bits per heavy atom. The van der Waals surface area contributed by atoms with Crippen LogP contribution in [0.5, 0.6) is 0 Å². The van der Waals surface area contributed by atoms with Crippen molar-refractivity contribution < 1.29 is 4.79 Å². The van der Waals surface area contributed by atoms with E-state index in [-0.39, 0.29) is 5.91 Å². The van der Waals surface area contributed by atoms with Gasteiger partial charge in [-0.25, -0.2) is 0 Å². The number of anilines is 1. The predicted octanol–water partition coefficient (Wildman–Crippen LogP) is 5.59. The van der Waals surface area contributed by atoms with Crippen molar-refractivity contribution in [3.63, 3.8) is 0 Å². The molecule has 0 saturated heterocycles. The molecule has 1 atom stereocenters. The topological polar surface area (TPSA) is 29.1 Å². The molecule has 2 nitrogen and oxygen atoms in total. The van der Waals surface area contributed by atoms with Crippen LogP contribution in [0.4, 0.5) is 5.69 Å². The summed E-state index contributed by atoms with van der Waals surface area (Å²) in [6.45, 7) is 2.00. The van der Waals surface area contributed by atoms with Crippen molar-refractivity contribution in [1.82, 2.24) is 0 Å². The molecule has 0 fully saturated rings. The zero-order valence-corrected chi connectivity index (χ0v) is 15.7. The molecule has 0 bridgehead atoms. The van der Waals surface area contributed by atoms with Crippen LogP contribution in [0.15, 0.2) is 72.8 Å². The van der Waals surface area contributed by atoms with Gasteiger partial charge in [0, 0.05) is 11.3 Å². The van der Waals surface area contributed by atoms with Crippen molar-refractivity contribution in [3.8, 4) is 0 Å². The fourth-order valence-electron chi connectivity index (χ4n) is 3.98. The summed E-state index contributed by atoms with van der Waals surface area (Å²) >= 11 is 0. The van der Waals surface area contributed by atoms with Crippen molar-refractivity contribution in [3.05, 3.63) is 101 Å². The molecule has 1 aliphatic carbocycles. The number of nitrogens with one attached hydrogen (secondary N) is 1. The molecule has 1 N–H and O–H groups in total. The van der Waals surface area contributed by atoms with Gasteiger partial charge in [-0.15, -0.1) is 0 Å².